The van der Waals surface area contributed by atoms with Crippen molar-refractivity contribution in [3.8, 4) is 11.1 Å². The number of hydrogen-bond acceptors (Lipinski definition) is 6. The molecule has 3 heterocycles. The van der Waals surface area contributed by atoms with Gasteiger partial charge in [-0.05, 0) is 61.1 Å². The SMILES string of the molecule is O=C(Nc1cc2cc(-c3cncc(CN4CCC(O)CC4)c3)ccc2nn1)C1CC1. The van der Waals surface area contributed by atoms with Crippen molar-refractivity contribution in [1.29, 1.82) is 0 Å². The largest absolute Gasteiger partial charge is 0.393 e. The molecule has 1 amide bonds. The number of benzene rings is 1. The van der Waals surface area contributed by atoms with Gasteiger partial charge in [-0.1, -0.05) is 6.07 Å². The average Bonchev–Trinajstić information content (AvgIpc) is 3.61. The van der Waals surface area contributed by atoms with Crippen molar-refractivity contribution < 1.29 is 9.90 Å². The minimum absolute atomic E-state index is 0.0296. The van der Waals surface area contributed by atoms with Crippen molar-refractivity contribution in [2.24, 2.45) is 5.92 Å². The Kier molecular flexibility index (Phi) is 5.14. The van der Waals surface area contributed by atoms with E-state index < -0.39 is 0 Å². The second-order valence-electron chi connectivity index (χ2n) is 8.36. The Morgan fingerprint density at radius 3 is 2.67 bits per heavy atom. The molecular weight excluding hydrogens is 378 g/mol. The van der Waals surface area contributed by atoms with Gasteiger partial charge < -0.3 is 10.4 Å². The van der Waals surface area contributed by atoms with Crippen LogP contribution in [0.3, 0.4) is 0 Å². The molecule has 7 nitrogen and oxygen atoms in total. The monoisotopic (exact) mass is 403 g/mol. The van der Waals surface area contributed by atoms with Crippen LogP contribution in [0.1, 0.15) is 31.2 Å². The Morgan fingerprint density at radius 2 is 1.87 bits per heavy atom. The summed E-state index contributed by atoms with van der Waals surface area (Å²) >= 11 is 0. The predicted molar refractivity (Wildman–Crippen MR) is 115 cm³/mol. The molecular formula is C23H25N5O2. The second kappa shape index (κ2) is 8.08. The number of pyridine rings is 1. The summed E-state index contributed by atoms with van der Waals surface area (Å²) in [5.41, 5.74) is 4.05. The molecule has 0 bridgehead atoms. The molecule has 1 aliphatic heterocycles. The summed E-state index contributed by atoms with van der Waals surface area (Å²) in [5.74, 6) is 0.656. The Labute approximate surface area is 175 Å². The molecule has 2 aliphatic rings. The van der Waals surface area contributed by atoms with Gasteiger partial charge in [-0.25, -0.2) is 0 Å². The third kappa shape index (κ3) is 4.32. The third-order valence-electron chi connectivity index (χ3n) is 5.88. The van der Waals surface area contributed by atoms with Gasteiger partial charge in [-0.3, -0.25) is 14.7 Å². The molecule has 1 aromatic carbocycles. The van der Waals surface area contributed by atoms with E-state index in [4.69, 9.17) is 0 Å². The van der Waals surface area contributed by atoms with Crippen LogP contribution in [0.4, 0.5) is 5.82 Å². The maximum atomic E-state index is 12.0. The lowest BCUT2D eigenvalue weighted by Crippen LogP contribution is -2.35. The average molecular weight is 403 g/mol. The van der Waals surface area contributed by atoms with E-state index in [-0.39, 0.29) is 17.9 Å². The fourth-order valence-electron chi connectivity index (χ4n) is 3.93. The number of hydrogen-bond donors (Lipinski definition) is 2. The van der Waals surface area contributed by atoms with Gasteiger partial charge in [0.2, 0.25) is 5.91 Å². The molecule has 0 unspecified atom stereocenters. The molecule has 0 spiro atoms. The highest BCUT2D eigenvalue weighted by atomic mass is 16.3. The van der Waals surface area contributed by atoms with Gasteiger partial charge in [0.1, 0.15) is 0 Å². The predicted octanol–water partition coefficient (Wildman–Crippen LogP) is 3.00. The van der Waals surface area contributed by atoms with Crippen LogP contribution < -0.4 is 5.32 Å². The van der Waals surface area contributed by atoms with E-state index in [1.807, 2.05) is 30.6 Å². The summed E-state index contributed by atoms with van der Waals surface area (Å²) < 4.78 is 0. The molecule has 1 saturated carbocycles. The summed E-state index contributed by atoms with van der Waals surface area (Å²) in [6.07, 6.45) is 7.19. The third-order valence-corrected chi connectivity index (χ3v) is 5.88. The number of carbonyl (C=O) groups excluding carboxylic acids is 1. The summed E-state index contributed by atoms with van der Waals surface area (Å²) in [6, 6.07) is 10.1. The highest BCUT2D eigenvalue weighted by Crippen LogP contribution is 2.30. The minimum Gasteiger partial charge on any atom is -0.393 e. The van der Waals surface area contributed by atoms with Gasteiger partial charge in [0.15, 0.2) is 5.82 Å². The van der Waals surface area contributed by atoms with Crippen LogP contribution in [0.25, 0.3) is 22.0 Å². The molecule has 3 aromatic rings. The summed E-state index contributed by atoms with van der Waals surface area (Å²) in [7, 11) is 0. The highest BCUT2D eigenvalue weighted by molar-refractivity contribution is 5.95. The van der Waals surface area contributed by atoms with E-state index in [1.165, 1.54) is 0 Å². The van der Waals surface area contributed by atoms with E-state index in [0.29, 0.717) is 5.82 Å². The first-order valence-corrected chi connectivity index (χ1v) is 10.6. The van der Waals surface area contributed by atoms with Crippen molar-refractivity contribution in [3.63, 3.8) is 0 Å². The summed E-state index contributed by atoms with van der Waals surface area (Å²) in [6.45, 7) is 2.66. The molecule has 30 heavy (non-hydrogen) atoms. The normalized spacial score (nSPS) is 17.9. The van der Waals surface area contributed by atoms with Crippen LogP contribution in [-0.2, 0) is 11.3 Å². The minimum atomic E-state index is -0.162. The number of carbonyl (C=O) groups is 1. The number of rotatable bonds is 5. The van der Waals surface area contributed by atoms with Crippen molar-refractivity contribution in [2.45, 2.75) is 38.3 Å². The molecule has 7 heteroatoms. The molecule has 2 N–H and O–H groups in total. The van der Waals surface area contributed by atoms with E-state index in [1.54, 1.807) is 0 Å². The fraction of sp³-hybridized carbons (Fsp3) is 0.391. The van der Waals surface area contributed by atoms with E-state index in [9.17, 15) is 9.90 Å². The maximum Gasteiger partial charge on any atom is 0.228 e. The lowest BCUT2D eigenvalue weighted by Gasteiger charge is -2.29. The van der Waals surface area contributed by atoms with Crippen LogP contribution in [-0.4, -0.2) is 50.3 Å². The van der Waals surface area contributed by atoms with Gasteiger partial charge in [0.25, 0.3) is 0 Å². The van der Waals surface area contributed by atoms with Gasteiger partial charge in [-0.2, -0.15) is 0 Å². The summed E-state index contributed by atoms with van der Waals surface area (Å²) in [4.78, 5) is 18.8. The summed E-state index contributed by atoms with van der Waals surface area (Å²) in [5, 5.41) is 21.9. The van der Waals surface area contributed by atoms with Crippen molar-refractivity contribution in [2.75, 3.05) is 18.4 Å². The van der Waals surface area contributed by atoms with E-state index >= 15 is 0 Å². The molecule has 2 fully saturated rings. The number of nitrogens with one attached hydrogen (secondary N) is 1. The van der Waals surface area contributed by atoms with Crippen LogP contribution in [0.5, 0.6) is 0 Å². The maximum absolute atomic E-state index is 12.0. The number of piperidine rings is 1. The van der Waals surface area contributed by atoms with Crippen LogP contribution in [0.2, 0.25) is 0 Å². The first kappa shape index (κ1) is 19.1. The Hall–Kier alpha value is -2.90. The van der Waals surface area contributed by atoms with E-state index in [0.717, 1.165) is 72.9 Å². The van der Waals surface area contributed by atoms with Gasteiger partial charge >= 0.3 is 0 Å². The van der Waals surface area contributed by atoms with Gasteiger partial charge in [-0.15, -0.1) is 10.2 Å². The number of aromatic nitrogens is 3. The number of likely N-dealkylation sites (tertiary alicyclic amines) is 1. The zero-order valence-electron chi connectivity index (χ0n) is 16.8. The molecule has 1 saturated heterocycles. The second-order valence-corrected chi connectivity index (χ2v) is 8.36. The first-order chi connectivity index (χ1) is 14.6. The smallest absolute Gasteiger partial charge is 0.228 e. The molecule has 5 rings (SSSR count). The molecule has 0 atom stereocenters. The fourth-order valence-corrected chi connectivity index (χ4v) is 3.93. The van der Waals surface area contributed by atoms with Crippen molar-refractivity contribution in [3.05, 3.63) is 48.3 Å². The zero-order valence-corrected chi connectivity index (χ0v) is 16.8. The first-order valence-electron chi connectivity index (χ1n) is 10.6. The Bertz CT molecular complexity index is 1070. The van der Waals surface area contributed by atoms with Crippen LogP contribution in [0.15, 0.2) is 42.7 Å². The Balaban J connectivity index is 1.36. The van der Waals surface area contributed by atoms with Crippen LogP contribution in [0, 0.1) is 5.92 Å². The highest BCUT2D eigenvalue weighted by Gasteiger charge is 2.29. The number of anilines is 1. The van der Waals surface area contributed by atoms with Gasteiger partial charge in [0, 0.05) is 48.9 Å². The molecule has 154 valence electrons. The topological polar surface area (TPSA) is 91.2 Å². The molecule has 2 aromatic heterocycles. The van der Waals surface area contributed by atoms with Crippen molar-refractivity contribution in [1.82, 2.24) is 20.1 Å². The number of amides is 1. The lowest BCUT2D eigenvalue weighted by molar-refractivity contribution is -0.117. The quantitative estimate of drug-likeness (QED) is 0.681. The lowest BCUT2D eigenvalue weighted by atomic mass is 10.0. The molecule has 1 aliphatic carbocycles. The van der Waals surface area contributed by atoms with Gasteiger partial charge in [0.05, 0.1) is 11.6 Å². The number of aliphatic hydroxyl groups excluding tert-OH is 1. The number of nitrogens with zero attached hydrogens (tertiary/aromatic N) is 4. The standard InChI is InChI=1S/C23H25N5O2/c29-20-5-7-28(8-6-20)14-15-9-19(13-24-12-15)17-3-4-21-18(10-17)11-22(27-26-21)25-23(30)16-1-2-16/h3-4,9-13,16,20,29H,1-2,5-8,14H2,(H,25,27,30). The van der Waals surface area contributed by atoms with Crippen molar-refractivity contribution >= 4 is 22.6 Å². The van der Waals surface area contributed by atoms with E-state index in [2.05, 4.69) is 37.5 Å². The number of aliphatic hydroxyl groups is 1. The molecule has 0 radical (unpaired) electrons. The number of fused-ring (bicyclic) bond motifs is 1. The zero-order chi connectivity index (χ0) is 20.5. The van der Waals surface area contributed by atoms with Crippen LogP contribution >= 0.6 is 0 Å². The Morgan fingerprint density at radius 1 is 1.03 bits per heavy atom.